The first-order chi connectivity index (χ1) is 14.1. The Morgan fingerprint density at radius 2 is 1.86 bits per heavy atom. The molecule has 1 heterocycles. The zero-order chi connectivity index (χ0) is 20.6. The Balaban J connectivity index is 1.48. The third-order valence-corrected chi connectivity index (χ3v) is 5.40. The second-order valence-corrected chi connectivity index (χ2v) is 7.72. The maximum absolute atomic E-state index is 12.4. The maximum atomic E-state index is 12.4. The molecule has 0 aliphatic rings. The van der Waals surface area contributed by atoms with Crippen molar-refractivity contribution in [2.24, 2.45) is 0 Å². The summed E-state index contributed by atoms with van der Waals surface area (Å²) in [5.74, 6) is -0.478. The molecule has 0 bridgehead atoms. The largest absolute Gasteiger partial charge is 0.355 e. The van der Waals surface area contributed by atoms with Crippen LogP contribution in [0.3, 0.4) is 0 Å². The Bertz CT molecular complexity index is 972. The van der Waals surface area contributed by atoms with Crippen molar-refractivity contribution in [3.63, 3.8) is 0 Å². The van der Waals surface area contributed by atoms with Gasteiger partial charge in [-0.2, -0.15) is 0 Å². The number of hydrogen-bond acceptors (Lipinski definition) is 5. The number of aryl methyl sites for hydroxylation is 1. The first-order valence-electron chi connectivity index (χ1n) is 9.60. The quantitative estimate of drug-likeness (QED) is 0.586. The number of rotatable bonds is 8. The van der Waals surface area contributed by atoms with E-state index in [2.05, 4.69) is 20.8 Å². The van der Waals surface area contributed by atoms with Crippen LogP contribution in [0.15, 0.2) is 54.6 Å². The van der Waals surface area contributed by atoms with Crippen LogP contribution >= 0.6 is 11.3 Å². The third-order valence-electron chi connectivity index (χ3n) is 4.51. The number of benzene rings is 2. The van der Waals surface area contributed by atoms with Gasteiger partial charge in [0.05, 0.1) is 5.92 Å². The van der Waals surface area contributed by atoms with Gasteiger partial charge in [0.25, 0.3) is 0 Å². The predicted octanol–water partition coefficient (Wildman–Crippen LogP) is 4.15. The molecule has 2 amide bonds. The van der Waals surface area contributed by atoms with Gasteiger partial charge in [-0.25, -0.2) is 0 Å². The van der Waals surface area contributed by atoms with Gasteiger partial charge >= 0.3 is 0 Å². The summed E-state index contributed by atoms with van der Waals surface area (Å²) >= 11 is 1.33. The van der Waals surface area contributed by atoms with Crippen molar-refractivity contribution < 1.29 is 9.59 Å². The summed E-state index contributed by atoms with van der Waals surface area (Å²) in [5.41, 5.74) is 3.09. The highest BCUT2D eigenvalue weighted by molar-refractivity contribution is 7.18. The Kier molecular flexibility index (Phi) is 7.08. The number of carbonyl (C=O) groups excluding carboxylic acids is 2. The van der Waals surface area contributed by atoms with E-state index in [-0.39, 0.29) is 30.7 Å². The van der Waals surface area contributed by atoms with Gasteiger partial charge in [-0.15, -0.1) is 10.2 Å². The second kappa shape index (κ2) is 9.93. The van der Waals surface area contributed by atoms with Crippen LogP contribution in [0.25, 0.3) is 10.6 Å². The van der Waals surface area contributed by atoms with Crippen LogP contribution in [0.5, 0.6) is 0 Å². The van der Waals surface area contributed by atoms with Gasteiger partial charge < -0.3 is 10.6 Å². The Morgan fingerprint density at radius 3 is 2.59 bits per heavy atom. The number of nitrogens with one attached hydrogen (secondary N) is 2. The molecular formula is C22H24N4O2S. The monoisotopic (exact) mass is 408 g/mol. The van der Waals surface area contributed by atoms with Crippen molar-refractivity contribution >= 4 is 28.3 Å². The van der Waals surface area contributed by atoms with Gasteiger partial charge in [-0.1, -0.05) is 72.4 Å². The van der Waals surface area contributed by atoms with E-state index < -0.39 is 0 Å². The molecule has 1 atom stereocenters. The fraction of sp³-hybridized carbons (Fsp3) is 0.273. The lowest BCUT2D eigenvalue weighted by Gasteiger charge is -2.15. The summed E-state index contributed by atoms with van der Waals surface area (Å²) in [7, 11) is 0. The minimum Gasteiger partial charge on any atom is -0.355 e. The van der Waals surface area contributed by atoms with Gasteiger partial charge in [-0.05, 0) is 25.0 Å². The second-order valence-electron chi connectivity index (χ2n) is 6.74. The van der Waals surface area contributed by atoms with Crippen LogP contribution in [0.2, 0.25) is 0 Å². The minimum atomic E-state index is -0.209. The number of hydrogen-bond donors (Lipinski definition) is 2. The zero-order valence-corrected chi connectivity index (χ0v) is 17.3. The fourth-order valence-corrected chi connectivity index (χ4v) is 3.79. The van der Waals surface area contributed by atoms with E-state index in [0.717, 1.165) is 21.7 Å². The molecule has 0 saturated carbocycles. The minimum absolute atomic E-state index is 0.0656. The summed E-state index contributed by atoms with van der Waals surface area (Å²) in [6.07, 6.45) is 0.880. The molecular weight excluding hydrogens is 384 g/mol. The summed E-state index contributed by atoms with van der Waals surface area (Å²) < 4.78 is 0. The normalized spacial score (nSPS) is 11.7. The van der Waals surface area contributed by atoms with E-state index in [0.29, 0.717) is 11.6 Å². The first kappa shape index (κ1) is 20.7. The van der Waals surface area contributed by atoms with Crippen molar-refractivity contribution in [3.8, 4) is 10.6 Å². The number of anilines is 1. The average Bonchev–Trinajstić information content (AvgIpc) is 3.18. The molecule has 3 aromatic rings. The van der Waals surface area contributed by atoms with Crippen LogP contribution < -0.4 is 10.6 Å². The lowest BCUT2D eigenvalue weighted by Crippen LogP contribution is -2.31. The van der Waals surface area contributed by atoms with Crippen molar-refractivity contribution in [1.82, 2.24) is 15.5 Å². The van der Waals surface area contributed by atoms with Crippen LogP contribution in [0.4, 0.5) is 5.13 Å². The third kappa shape index (κ3) is 5.71. The molecule has 3 rings (SSSR count). The highest BCUT2D eigenvalue weighted by Crippen LogP contribution is 2.26. The highest BCUT2D eigenvalue weighted by Gasteiger charge is 2.18. The number of amides is 2. The average molecular weight is 409 g/mol. The predicted molar refractivity (Wildman–Crippen MR) is 116 cm³/mol. The van der Waals surface area contributed by atoms with Gasteiger partial charge in [0.1, 0.15) is 5.01 Å². The molecule has 150 valence electrons. The van der Waals surface area contributed by atoms with Crippen LogP contribution in [0, 0.1) is 6.92 Å². The molecule has 2 aromatic carbocycles. The molecule has 6 nitrogen and oxygen atoms in total. The van der Waals surface area contributed by atoms with Crippen LogP contribution in [0.1, 0.15) is 36.8 Å². The summed E-state index contributed by atoms with van der Waals surface area (Å²) in [6.45, 7) is 4.27. The van der Waals surface area contributed by atoms with Crippen molar-refractivity contribution in [2.75, 3.05) is 11.9 Å². The number of carbonyl (C=O) groups is 2. The van der Waals surface area contributed by atoms with Gasteiger partial charge in [0, 0.05) is 18.5 Å². The summed E-state index contributed by atoms with van der Waals surface area (Å²) in [6, 6.07) is 17.6. The van der Waals surface area contributed by atoms with Crippen molar-refractivity contribution in [3.05, 3.63) is 65.7 Å². The van der Waals surface area contributed by atoms with Crippen molar-refractivity contribution in [1.29, 1.82) is 0 Å². The van der Waals surface area contributed by atoms with Gasteiger partial charge in [0.15, 0.2) is 0 Å². The molecule has 29 heavy (non-hydrogen) atoms. The van der Waals surface area contributed by atoms with Crippen LogP contribution in [-0.2, 0) is 9.59 Å². The molecule has 0 aliphatic carbocycles. The zero-order valence-electron chi connectivity index (χ0n) is 16.5. The smallest absolute Gasteiger partial charge is 0.227 e. The van der Waals surface area contributed by atoms with E-state index in [1.807, 2.05) is 68.4 Å². The lowest BCUT2D eigenvalue weighted by atomic mass is 9.96. The lowest BCUT2D eigenvalue weighted by molar-refractivity contribution is -0.122. The molecule has 0 aliphatic heterocycles. The Morgan fingerprint density at radius 1 is 1.07 bits per heavy atom. The standard InChI is InChI=1S/C22H24N4O2S/c1-3-18(16-9-5-4-6-10-16)20(28)23-13-12-19(27)24-22-26-25-21(29-22)17-11-7-8-15(2)14-17/h4-11,14,18H,3,12-13H2,1-2H3,(H,23,28)(H,24,26,27). The number of nitrogens with zero attached hydrogens (tertiary/aromatic N) is 2. The molecule has 0 fully saturated rings. The summed E-state index contributed by atoms with van der Waals surface area (Å²) in [5, 5.41) is 15.0. The molecule has 1 aromatic heterocycles. The van der Waals surface area contributed by atoms with Crippen LogP contribution in [-0.4, -0.2) is 28.6 Å². The summed E-state index contributed by atoms with van der Waals surface area (Å²) in [4.78, 5) is 24.6. The molecule has 0 radical (unpaired) electrons. The molecule has 0 spiro atoms. The molecule has 2 N–H and O–H groups in total. The van der Waals surface area contributed by atoms with Crippen molar-refractivity contribution in [2.45, 2.75) is 32.6 Å². The van der Waals surface area contributed by atoms with E-state index >= 15 is 0 Å². The molecule has 1 unspecified atom stereocenters. The SMILES string of the molecule is CCC(C(=O)NCCC(=O)Nc1nnc(-c2cccc(C)c2)s1)c1ccccc1. The molecule has 7 heteroatoms. The van der Waals surface area contributed by atoms with E-state index in [4.69, 9.17) is 0 Å². The number of aromatic nitrogens is 2. The van der Waals surface area contributed by atoms with Gasteiger partial charge in [0.2, 0.25) is 16.9 Å². The highest BCUT2D eigenvalue weighted by atomic mass is 32.1. The first-order valence-corrected chi connectivity index (χ1v) is 10.4. The van der Waals surface area contributed by atoms with Gasteiger partial charge in [-0.3, -0.25) is 9.59 Å². The maximum Gasteiger partial charge on any atom is 0.227 e. The van der Waals surface area contributed by atoms with E-state index in [1.165, 1.54) is 11.3 Å². The van der Waals surface area contributed by atoms with E-state index in [9.17, 15) is 9.59 Å². The topological polar surface area (TPSA) is 84.0 Å². The fourth-order valence-electron chi connectivity index (χ4n) is 3.03. The van der Waals surface area contributed by atoms with E-state index in [1.54, 1.807) is 0 Å². The molecule has 0 saturated heterocycles. The Hall–Kier alpha value is -3.06. The Labute approximate surface area is 174 Å².